The maximum atomic E-state index is 11.1. The number of nitrogens with one attached hydrogen (secondary N) is 1. The smallest absolute Gasteiger partial charge is 0.187 e. The maximum Gasteiger partial charge on any atom is 0.187 e. The van der Waals surface area contributed by atoms with Gasteiger partial charge in [-0.2, -0.15) is 0 Å². The minimum absolute atomic E-state index is 0.0306. The molecular weight excluding hydrogens is 142 g/mol. The molecule has 0 aliphatic carbocycles. The van der Waals surface area contributed by atoms with E-state index in [0.29, 0.717) is 12.2 Å². The number of methoxy groups -OCH3 is 1. The molecule has 0 aliphatic heterocycles. The number of rotatable bonds is 2. The fourth-order valence-corrected chi connectivity index (χ4v) is 0.871. The number of ether oxygens (including phenoxy) is 1. The summed E-state index contributed by atoms with van der Waals surface area (Å²) in [5.74, 6) is 0. The molecule has 0 amide bonds. The van der Waals surface area contributed by atoms with Gasteiger partial charge in [0.1, 0.15) is 0 Å². The van der Waals surface area contributed by atoms with E-state index in [1.165, 1.54) is 0 Å². The molecule has 0 saturated carbocycles. The first-order valence-electron chi connectivity index (χ1n) is 3.41. The van der Waals surface area contributed by atoms with Gasteiger partial charge >= 0.3 is 0 Å². The largest absolute Gasteiger partial charge is 0.380 e. The minimum Gasteiger partial charge on any atom is -0.380 e. The number of hydrogen-bond acceptors (Lipinski definition) is 2. The van der Waals surface area contributed by atoms with E-state index in [4.69, 9.17) is 4.74 Å². The highest BCUT2D eigenvalue weighted by molar-refractivity contribution is 5.12. The Hall–Kier alpha value is -1.09. The van der Waals surface area contributed by atoms with Gasteiger partial charge in [-0.05, 0) is 6.92 Å². The van der Waals surface area contributed by atoms with Gasteiger partial charge in [-0.1, -0.05) is 0 Å². The van der Waals surface area contributed by atoms with Crippen LogP contribution in [0.1, 0.15) is 11.3 Å². The van der Waals surface area contributed by atoms with Gasteiger partial charge in [0.05, 0.1) is 6.61 Å². The van der Waals surface area contributed by atoms with Crippen LogP contribution in [0.2, 0.25) is 0 Å². The second-order valence-corrected chi connectivity index (χ2v) is 2.44. The third kappa shape index (κ3) is 1.91. The normalized spacial score (nSPS) is 10.0. The Labute approximate surface area is 65.0 Å². The van der Waals surface area contributed by atoms with Crippen molar-refractivity contribution in [3.05, 3.63) is 33.7 Å². The van der Waals surface area contributed by atoms with Crippen molar-refractivity contribution in [1.82, 2.24) is 4.98 Å². The van der Waals surface area contributed by atoms with Crippen LogP contribution >= 0.6 is 0 Å². The Morgan fingerprint density at radius 2 is 2.36 bits per heavy atom. The first-order valence-corrected chi connectivity index (χ1v) is 3.41. The molecule has 0 aromatic carbocycles. The van der Waals surface area contributed by atoms with E-state index < -0.39 is 0 Å². The van der Waals surface area contributed by atoms with Crippen molar-refractivity contribution < 1.29 is 4.74 Å². The van der Waals surface area contributed by atoms with Crippen LogP contribution in [0.5, 0.6) is 0 Å². The van der Waals surface area contributed by atoms with Gasteiger partial charge in [0.2, 0.25) is 0 Å². The lowest BCUT2D eigenvalue weighted by molar-refractivity contribution is 0.184. The van der Waals surface area contributed by atoms with Gasteiger partial charge in [-0.3, -0.25) is 4.79 Å². The molecule has 0 spiro atoms. The summed E-state index contributed by atoms with van der Waals surface area (Å²) in [5, 5.41) is 0. The second kappa shape index (κ2) is 3.34. The molecular formula is C8H11NO2. The van der Waals surface area contributed by atoms with Crippen molar-refractivity contribution >= 4 is 0 Å². The molecule has 3 nitrogen and oxygen atoms in total. The van der Waals surface area contributed by atoms with Gasteiger partial charge in [0, 0.05) is 30.6 Å². The molecule has 0 bridgehead atoms. The van der Waals surface area contributed by atoms with Crippen LogP contribution < -0.4 is 5.43 Å². The Bertz CT molecular complexity index is 290. The average Bonchev–Trinajstić information content (AvgIpc) is 1.95. The van der Waals surface area contributed by atoms with E-state index in [9.17, 15) is 4.79 Å². The highest BCUT2D eigenvalue weighted by atomic mass is 16.5. The molecule has 1 N–H and O–H groups in total. The van der Waals surface area contributed by atoms with Crippen LogP contribution in [0.4, 0.5) is 0 Å². The zero-order chi connectivity index (χ0) is 8.27. The summed E-state index contributed by atoms with van der Waals surface area (Å²) >= 11 is 0. The van der Waals surface area contributed by atoms with E-state index in [1.54, 1.807) is 19.4 Å². The van der Waals surface area contributed by atoms with Gasteiger partial charge in [0.25, 0.3) is 0 Å². The molecule has 1 rings (SSSR count). The predicted octanol–water partition coefficient (Wildman–Crippen LogP) is 0.830. The van der Waals surface area contributed by atoms with Crippen molar-refractivity contribution in [2.45, 2.75) is 13.5 Å². The highest BCUT2D eigenvalue weighted by Crippen LogP contribution is 1.92. The number of hydrogen-bond donors (Lipinski definition) is 1. The molecule has 0 fully saturated rings. The number of aryl methyl sites for hydroxylation is 1. The van der Waals surface area contributed by atoms with E-state index in [-0.39, 0.29) is 5.43 Å². The molecule has 3 heteroatoms. The topological polar surface area (TPSA) is 42.1 Å². The summed E-state index contributed by atoms with van der Waals surface area (Å²) in [4.78, 5) is 14.1. The molecule has 0 saturated heterocycles. The Morgan fingerprint density at radius 1 is 1.64 bits per heavy atom. The van der Waals surface area contributed by atoms with E-state index >= 15 is 0 Å². The lowest BCUT2D eigenvalue weighted by Crippen LogP contribution is -2.09. The third-order valence-electron chi connectivity index (χ3n) is 1.44. The molecule has 60 valence electrons. The molecule has 1 heterocycles. The van der Waals surface area contributed by atoms with Crippen LogP contribution in [-0.4, -0.2) is 12.1 Å². The standard InChI is InChI=1S/C8H11NO2/c1-6-3-8(10)7(4-9-6)5-11-2/h3-4H,5H2,1-2H3,(H,9,10). The summed E-state index contributed by atoms with van der Waals surface area (Å²) in [5.41, 5.74) is 1.57. The molecule has 0 radical (unpaired) electrons. The lowest BCUT2D eigenvalue weighted by atomic mass is 10.2. The molecule has 11 heavy (non-hydrogen) atoms. The minimum atomic E-state index is 0.0306. The van der Waals surface area contributed by atoms with Crippen molar-refractivity contribution in [2.75, 3.05) is 7.11 Å². The first kappa shape index (κ1) is 8.01. The highest BCUT2D eigenvalue weighted by Gasteiger charge is 1.96. The average molecular weight is 153 g/mol. The van der Waals surface area contributed by atoms with Crippen molar-refractivity contribution in [3.8, 4) is 0 Å². The molecule has 0 atom stereocenters. The second-order valence-electron chi connectivity index (χ2n) is 2.44. The summed E-state index contributed by atoms with van der Waals surface area (Å²) in [6, 6.07) is 1.56. The van der Waals surface area contributed by atoms with E-state index in [0.717, 1.165) is 5.69 Å². The summed E-state index contributed by atoms with van der Waals surface area (Å²) in [7, 11) is 1.57. The molecule has 0 unspecified atom stereocenters. The molecule has 0 aliphatic rings. The van der Waals surface area contributed by atoms with E-state index in [2.05, 4.69) is 4.98 Å². The monoisotopic (exact) mass is 153 g/mol. The van der Waals surface area contributed by atoms with Crippen LogP contribution in [0.25, 0.3) is 0 Å². The summed E-state index contributed by atoms with van der Waals surface area (Å²) in [6.45, 7) is 2.22. The third-order valence-corrected chi connectivity index (χ3v) is 1.44. The number of pyridine rings is 1. The lowest BCUT2D eigenvalue weighted by Gasteiger charge is -1.98. The zero-order valence-electron chi connectivity index (χ0n) is 6.68. The first-order chi connectivity index (χ1) is 5.24. The Balaban J connectivity index is 3.00. The molecule has 1 aromatic heterocycles. The van der Waals surface area contributed by atoms with Crippen LogP contribution in [-0.2, 0) is 11.3 Å². The predicted molar refractivity (Wildman–Crippen MR) is 42.5 cm³/mol. The number of aromatic amines is 1. The number of aromatic nitrogens is 1. The van der Waals surface area contributed by atoms with Gasteiger partial charge < -0.3 is 9.72 Å². The summed E-state index contributed by atoms with van der Waals surface area (Å²) < 4.78 is 4.83. The SMILES string of the molecule is COCc1c[nH]c(C)cc1=O. The quantitative estimate of drug-likeness (QED) is 0.683. The maximum absolute atomic E-state index is 11.1. The van der Waals surface area contributed by atoms with Gasteiger partial charge in [-0.25, -0.2) is 0 Å². The van der Waals surface area contributed by atoms with Crippen LogP contribution in [0, 0.1) is 6.92 Å². The molecule has 1 aromatic rings. The van der Waals surface area contributed by atoms with Crippen LogP contribution in [0.15, 0.2) is 17.1 Å². The van der Waals surface area contributed by atoms with Crippen LogP contribution in [0.3, 0.4) is 0 Å². The van der Waals surface area contributed by atoms with Gasteiger partial charge in [0.15, 0.2) is 5.43 Å². The fraction of sp³-hybridized carbons (Fsp3) is 0.375. The fourth-order valence-electron chi connectivity index (χ4n) is 0.871. The van der Waals surface area contributed by atoms with E-state index in [1.807, 2.05) is 6.92 Å². The van der Waals surface area contributed by atoms with Gasteiger partial charge in [-0.15, -0.1) is 0 Å². The van der Waals surface area contributed by atoms with Crippen molar-refractivity contribution in [1.29, 1.82) is 0 Å². The number of H-pyrrole nitrogens is 1. The summed E-state index contributed by atoms with van der Waals surface area (Å²) in [6.07, 6.45) is 1.68. The van der Waals surface area contributed by atoms with Crippen molar-refractivity contribution in [2.24, 2.45) is 0 Å². The Kier molecular flexibility index (Phi) is 2.44. The van der Waals surface area contributed by atoms with Crippen molar-refractivity contribution in [3.63, 3.8) is 0 Å². The zero-order valence-corrected chi connectivity index (χ0v) is 6.68. The Morgan fingerprint density at radius 3 is 2.91 bits per heavy atom.